The summed E-state index contributed by atoms with van der Waals surface area (Å²) in [6.45, 7) is 10.9. The molecular formula is C19H31N4O3+. The number of piperazine rings is 1. The molecule has 0 saturated carbocycles. The molecule has 26 heavy (non-hydrogen) atoms. The molecule has 0 spiro atoms. The molecular weight excluding hydrogens is 332 g/mol. The van der Waals surface area contributed by atoms with Crippen molar-refractivity contribution in [1.82, 2.24) is 10.6 Å². The molecule has 0 aliphatic carbocycles. The van der Waals surface area contributed by atoms with Crippen molar-refractivity contribution in [2.45, 2.75) is 39.3 Å². The second-order valence-electron chi connectivity index (χ2n) is 7.76. The third-order valence-electron chi connectivity index (χ3n) is 4.57. The molecule has 1 aromatic rings. The van der Waals surface area contributed by atoms with Crippen LogP contribution in [0.1, 0.15) is 27.7 Å². The van der Waals surface area contributed by atoms with Gasteiger partial charge in [-0.15, -0.1) is 0 Å². The molecule has 144 valence electrons. The maximum atomic E-state index is 12.3. The number of carbonyl (C=O) groups excluding carboxylic acids is 2. The first-order chi connectivity index (χ1) is 12.2. The van der Waals surface area contributed by atoms with Gasteiger partial charge in [0.05, 0.1) is 33.3 Å². The van der Waals surface area contributed by atoms with E-state index in [0.29, 0.717) is 0 Å². The fourth-order valence-electron chi connectivity index (χ4n) is 3.06. The second kappa shape index (κ2) is 8.40. The molecule has 1 saturated heterocycles. The van der Waals surface area contributed by atoms with Crippen LogP contribution in [0.25, 0.3) is 0 Å². The van der Waals surface area contributed by atoms with Crippen molar-refractivity contribution in [3.63, 3.8) is 0 Å². The first-order valence-electron chi connectivity index (χ1n) is 9.06. The second-order valence-corrected chi connectivity index (χ2v) is 7.76. The van der Waals surface area contributed by atoms with Crippen LogP contribution in [0.3, 0.4) is 0 Å². The number of nitrogens with zero attached hydrogens (tertiary/aromatic N) is 1. The summed E-state index contributed by atoms with van der Waals surface area (Å²) in [4.78, 5) is 27.7. The van der Waals surface area contributed by atoms with Gasteiger partial charge in [-0.3, -0.25) is 10.1 Å². The van der Waals surface area contributed by atoms with Crippen LogP contribution in [-0.2, 0) is 4.79 Å². The van der Waals surface area contributed by atoms with E-state index in [-0.39, 0.29) is 17.5 Å². The minimum absolute atomic E-state index is 0.236. The van der Waals surface area contributed by atoms with Crippen molar-refractivity contribution in [3.05, 3.63) is 24.3 Å². The molecule has 1 atom stereocenters. The van der Waals surface area contributed by atoms with E-state index in [9.17, 15) is 9.59 Å². The van der Waals surface area contributed by atoms with Gasteiger partial charge in [-0.2, -0.15) is 0 Å². The zero-order chi connectivity index (χ0) is 19.3. The van der Waals surface area contributed by atoms with E-state index in [1.807, 2.05) is 39.8 Å². The number of benzene rings is 1. The number of carbonyl (C=O) groups is 2. The van der Waals surface area contributed by atoms with Crippen molar-refractivity contribution in [2.24, 2.45) is 0 Å². The van der Waals surface area contributed by atoms with Crippen LogP contribution in [0.15, 0.2) is 24.3 Å². The van der Waals surface area contributed by atoms with Crippen LogP contribution in [0.5, 0.6) is 5.75 Å². The minimum atomic E-state index is -0.439. The Kier molecular flexibility index (Phi) is 6.47. The van der Waals surface area contributed by atoms with E-state index in [2.05, 4.69) is 27.7 Å². The van der Waals surface area contributed by atoms with E-state index in [1.54, 1.807) is 7.11 Å². The quantitative estimate of drug-likeness (QED) is 0.725. The van der Waals surface area contributed by atoms with Crippen LogP contribution in [0.2, 0.25) is 0 Å². The predicted molar refractivity (Wildman–Crippen MR) is 102 cm³/mol. The highest BCUT2D eigenvalue weighted by atomic mass is 16.5. The zero-order valence-electron chi connectivity index (χ0n) is 16.4. The van der Waals surface area contributed by atoms with Crippen molar-refractivity contribution in [1.29, 1.82) is 0 Å². The molecule has 3 amide bonds. The Hall–Kier alpha value is -2.28. The minimum Gasteiger partial charge on any atom is -0.497 e. The molecule has 2 rings (SSSR count). The molecule has 1 heterocycles. The van der Waals surface area contributed by atoms with Crippen molar-refractivity contribution >= 4 is 17.6 Å². The number of rotatable bonds is 4. The molecule has 0 aromatic heterocycles. The topological polar surface area (TPSA) is 75.1 Å². The van der Waals surface area contributed by atoms with Crippen LogP contribution in [0, 0.1) is 0 Å². The number of ether oxygens (including phenoxy) is 1. The van der Waals surface area contributed by atoms with Gasteiger partial charge in [0.15, 0.2) is 6.04 Å². The van der Waals surface area contributed by atoms with E-state index in [1.165, 1.54) is 4.90 Å². The first-order valence-corrected chi connectivity index (χ1v) is 9.06. The van der Waals surface area contributed by atoms with Gasteiger partial charge in [-0.1, -0.05) is 0 Å². The fraction of sp³-hybridized carbons (Fsp3) is 0.579. The normalized spacial score (nSPS) is 16.7. The third kappa shape index (κ3) is 5.62. The van der Waals surface area contributed by atoms with Gasteiger partial charge in [-0.25, -0.2) is 4.79 Å². The summed E-state index contributed by atoms with van der Waals surface area (Å²) in [5.41, 5.74) is 0.788. The highest BCUT2D eigenvalue weighted by Crippen LogP contribution is 2.18. The van der Waals surface area contributed by atoms with Crippen molar-refractivity contribution in [2.75, 3.05) is 38.2 Å². The Morgan fingerprint density at radius 3 is 2.23 bits per heavy atom. The highest BCUT2D eigenvalue weighted by Gasteiger charge is 2.30. The van der Waals surface area contributed by atoms with Gasteiger partial charge in [0, 0.05) is 11.2 Å². The van der Waals surface area contributed by atoms with Gasteiger partial charge < -0.3 is 19.9 Å². The van der Waals surface area contributed by atoms with E-state index in [4.69, 9.17) is 4.74 Å². The van der Waals surface area contributed by atoms with Crippen LogP contribution >= 0.6 is 0 Å². The predicted octanol–water partition coefficient (Wildman–Crippen LogP) is 0.413. The summed E-state index contributed by atoms with van der Waals surface area (Å²) in [6.07, 6.45) is 0. The Morgan fingerprint density at radius 1 is 1.15 bits per heavy atom. The Morgan fingerprint density at radius 2 is 1.73 bits per heavy atom. The number of nitrogens with one attached hydrogen (secondary N) is 3. The molecule has 7 nitrogen and oxygen atoms in total. The number of hydrogen-bond donors (Lipinski definition) is 3. The van der Waals surface area contributed by atoms with E-state index in [0.717, 1.165) is 37.6 Å². The molecule has 1 aromatic carbocycles. The lowest BCUT2D eigenvalue weighted by Gasteiger charge is -2.36. The van der Waals surface area contributed by atoms with Gasteiger partial charge in [0.25, 0.3) is 5.91 Å². The summed E-state index contributed by atoms with van der Waals surface area (Å²) in [5, 5.41) is 5.20. The number of amides is 3. The maximum absolute atomic E-state index is 12.3. The summed E-state index contributed by atoms with van der Waals surface area (Å²) in [6, 6.07) is 7.31. The number of anilines is 1. The summed E-state index contributed by atoms with van der Waals surface area (Å²) in [7, 11) is 1.66. The Balaban J connectivity index is 1.84. The molecule has 0 bridgehead atoms. The zero-order valence-corrected chi connectivity index (χ0v) is 16.4. The maximum Gasteiger partial charge on any atom is 0.322 e. The van der Waals surface area contributed by atoms with Crippen LogP contribution in [-0.4, -0.2) is 56.8 Å². The monoisotopic (exact) mass is 363 g/mol. The molecule has 0 unspecified atom stereocenters. The van der Waals surface area contributed by atoms with Crippen LogP contribution < -0.4 is 25.2 Å². The Bertz CT molecular complexity index is 617. The molecule has 1 aliphatic rings. The van der Waals surface area contributed by atoms with Gasteiger partial charge in [0.1, 0.15) is 5.75 Å². The molecule has 0 radical (unpaired) electrons. The smallest absolute Gasteiger partial charge is 0.322 e. The number of methoxy groups -OCH3 is 1. The molecule has 1 aliphatic heterocycles. The first kappa shape index (κ1) is 20.0. The van der Waals surface area contributed by atoms with Crippen molar-refractivity contribution < 1.29 is 19.2 Å². The molecule has 3 N–H and O–H groups in total. The molecule has 7 heteroatoms. The van der Waals surface area contributed by atoms with Gasteiger partial charge in [0.2, 0.25) is 0 Å². The average Bonchev–Trinajstić information content (AvgIpc) is 2.59. The van der Waals surface area contributed by atoms with Gasteiger partial charge in [-0.05, 0) is 52.0 Å². The average molecular weight is 363 g/mol. The van der Waals surface area contributed by atoms with E-state index >= 15 is 0 Å². The van der Waals surface area contributed by atoms with Gasteiger partial charge >= 0.3 is 6.03 Å². The SMILES string of the molecule is COc1ccc(N2CC[NH+]([C@@H](C)C(=O)NC(=O)NC(C)(C)C)CC2)cc1. The number of imide groups is 1. The summed E-state index contributed by atoms with van der Waals surface area (Å²) < 4.78 is 5.19. The van der Waals surface area contributed by atoms with E-state index < -0.39 is 6.03 Å². The van der Waals surface area contributed by atoms with Crippen molar-refractivity contribution in [3.8, 4) is 5.75 Å². The van der Waals surface area contributed by atoms with Crippen LogP contribution in [0.4, 0.5) is 10.5 Å². The standard InChI is InChI=1S/C19H30N4O3/c1-14(17(24)20-18(25)21-19(2,3)4)22-10-12-23(13-11-22)15-6-8-16(26-5)9-7-15/h6-9,14H,10-13H2,1-5H3,(H2,20,21,24,25)/p+1/t14-/m0/s1. The highest BCUT2D eigenvalue weighted by molar-refractivity contribution is 5.96. The number of urea groups is 1. The third-order valence-corrected chi connectivity index (χ3v) is 4.57. The fourth-order valence-corrected chi connectivity index (χ4v) is 3.06. The number of quaternary nitrogens is 1. The summed E-state index contributed by atoms with van der Waals surface area (Å²) in [5.74, 6) is 0.608. The largest absolute Gasteiger partial charge is 0.497 e. The number of hydrogen-bond acceptors (Lipinski definition) is 4. The lowest BCUT2D eigenvalue weighted by Crippen LogP contribution is -3.19. The molecule has 1 fully saturated rings. The lowest BCUT2D eigenvalue weighted by molar-refractivity contribution is -0.914. The Labute approximate surface area is 155 Å². The lowest BCUT2D eigenvalue weighted by atomic mass is 10.1. The summed E-state index contributed by atoms with van der Waals surface area (Å²) >= 11 is 0.